The van der Waals surface area contributed by atoms with Gasteiger partial charge in [-0.15, -0.1) is 12.6 Å². The van der Waals surface area contributed by atoms with Crippen molar-refractivity contribution in [2.45, 2.75) is 42.7 Å². The number of thiol groups is 1. The summed E-state index contributed by atoms with van der Waals surface area (Å²) in [6.07, 6.45) is -4.51. The summed E-state index contributed by atoms with van der Waals surface area (Å²) in [5.74, 6) is -0.715. The lowest BCUT2D eigenvalue weighted by Crippen LogP contribution is -2.69. The lowest BCUT2D eigenvalue weighted by molar-refractivity contribution is -0.247. The summed E-state index contributed by atoms with van der Waals surface area (Å²) in [5.41, 5.74) is -3.48. The van der Waals surface area contributed by atoms with Gasteiger partial charge in [-0.25, -0.2) is 0 Å². The fraction of sp³-hybridized carbons (Fsp3) is 0.889. The van der Waals surface area contributed by atoms with Crippen molar-refractivity contribution in [2.24, 2.45) is 0 Å². The normalized spacial score (nSPS) is 44.4. The number of aliphatic hydroxyl groups excluding tert-OH is 3. The van der Waals surface area contributed by atoms with E-state index in [1.54, 1.807) is 0 Å². The molecule has 1 aliphatic rings. The molecular weight excluding hydrogens is 236 g/mol. The predicted molar refractivity (Wildman–Crippen MR) is 57.0 cm³/mol. The molecule has 94 valence electrons. The highest BCUT2D eigenvalue weighted by Crippen LogP contribution is 2.32. The summed E-state index contributed by atoms with van der Waals surface area (Å²) in [6.45, 7) is 0.918. The van der Waals surface area contributed by atoms with E-state index in [4.69, 9.17) is 9.84 Å². The Morgan fingerprint density at radius 2 is 2.00 bits per heavy atom. The maximum atomic E-state index is 11.6. The highest BCUT2D eigenvalue weighted by molar-refractivity contribution is 7.80. The molecule has 0 amide bonds. The Bertz CT molecular complexity index is 273. The van der Waals surface area contributed by atoms with Gasteiger partial charge in [-0.2, -0.15) is 0 Å². The molecule has 1 unspecified atom stereocenters. The molecule has 1 rings (SSSR count). The minimum absolute atomic E-state index is 0.0523. The lowest BCUT2D eigenvalue weighted by Gasteiger charge is -2.45. The monoisotopic (exact) mass is 252 g/mol. The largest absolute Gasteiger partial charge is 0.394 e. The maximum absolute atomic E-state index is 11.6. The van der Waals surface area contributed by atoms with Crippen molar-refractivity contribution in [2.75, 3.05) is 6.61 Å². The molecule has 1 heterocycles. The van der Waals surface area contributed by atoms with Gasteiger partial charge in [0.25, 0.3) is 0 Å². The highest BCUT2D eigenvalue weighted by Gasteiger charge is 2.57. The average Bonchev–Trinajstić information content (AvgIpc) is 2.29. The topological polar surface area (TPSA) is 107 Å². The van der Waals surface area contributed by atoms with E-state index in [0.717, 1.165) is 0 Å². The molecule has 0 saturated carbocycles. The average molecular weight is 252 g/mol. The summed E-state index contributed by atoms with van der Waals surface area (Å²) in [4.78, 5) is 11.6. The molecule has 1 aliphatic heterocycles. The van der Waals surface area contributed by atoms with Crippen molar-refractivity contribution in [3.63, 3.8) is 0 Å². The van der Waals surface area contributed by atoms with Crippen molar-refractivity contribution in [3.8, 4) is 0 Å². The van der Waals surface area contributed by atoms with Crippen LogP contribution in [-0.2, 0) is 9.53 Å². The van der Waals surface area contributed by atoms with E-state index in [9.17, 15) is 20.1 Å². The predicted octanol–water partition coefficient (Wildman–Crippen LogP) is -1.93. The first-order valence-corrected chi connectivity index (χ1v) is 5.47. The molecule has 0 spiro atoms. The molecule has 16 heavy (non-hydrogen) atoms. The van der Waals surface area contributed by atoms with Crippen LogP contribution < -0.4 is 0 Å². The molecule has 0 aromatic rings. The second kappa shape index (κ2) is 4.99. The lowest BCUT2D eigenvalue weighted by atomic mass is 9.80. The Morgan fingerprint density at radius 3 is 2.44 bits per heavy atom. The van der Waals surface area contributed by atoms with Crippen molar-refractivity contribution >= 4 is 18.4 Å². The molecular formula is C9H16O6S. The molecule has 1 saturated heterocycles. The Labute approximate surface area is 98.3 Å². The molecule has 7 heteroatoms. The van der Waals surface area contributed by atoms with Crippen molar-refractivity contribution in [1.29, 1.82) is 0 Å². The Hall–Kier alpha value is -0.180. The van der Waals surface area contributed by atoms with Gasteiger partial charge in [0.05, 0.1) is 6.61 Å². The van der Waals surface area contributed by atoms with Gasteiger partial charge in [0, 0.05) is 6.42 Å². The first-order chi connectivity index (χ1) is 7.39. The number of hydrogen-bond acceptors (Lipinski definition) is 7. The van der Waals surface area contributed by atoms with Crippen molar-refractivity contribution in [3.05, 3.63) is 0 Å². The molecule has 4 N–H and O–H groups in total. The van der Waals surface area contributed by atoms with E-state index in [1.807, 2.05) is 0 Å². The third-order valence-electron chi connectivity index (χ3n) is 2.79. The zero-order chi connectivity index (χ0) is 12.5. The number of aliphatic hydroxyl groups is 4. The minimum Gasteiger partial charge on any atom is -0.394 e. The third kappa shape index (κ3) is 1.99. The number of Topliss-reactive ketones (excluding diaryl/α,β-unsaturated/α-hetero) is 1. The number of carbonyl (C=O) groups is 1. The van der Waals surface area contributed by atoms with Gasteiger partial charge >= 0.3 is 0 Å². The first kappa shape index (κ1) is 13.9. The zero-order valence-electron chi connectivity index (χ0n) is 8.78. The number of rotatable bonds is 3. The van der Waals surface area contributed by atoms with Crippen LogP contribution in [0.5, 0.6) is 0 Å². The van der Waals surface area contributed by atoms with Crippen LogP contribution in [0.15, 0.2) is 0 Å². The fourth-order valence-electron chi connectivity index (χ4n) is 1.76. The van der Waals surface area contributed by atoms with E-state index in [2.05, 4.69) is 12.6 Å². The summed E-state index contributed by atoms with van der Waals surface area (Å²) < 4.78 is 4.95. The molecule has 0 aromatic heterocycles. The van der Waals surface area contributed by atoms with Crippen LogP contribution in [0.25, 0.3) is 0 Å². The van der Waals surface area contributed by atoms with Gasteiger partial charge < -0.3 is 25.2 Å². The van der Waals surface area contributed by atoms with Gasteiger partial charge in [-0.05, 0) is 0 Å². The Balaban J connectivity index is 3.06. The third-order valence-corrected chi connectivity index (χ3v) is 3.19. The summed E-state index contributed by atoms with van der Waals surface area (Å²) in [5, 5.41) is 38.4. The number of ketones is 1. The van der Waals surface area contributed by atoms with Crippen LogP contribution in [0, 0.1) is 0 Å². The summed E-state index contributed by atoms with van der Waals surface area (Å²) in [6, 6.07) is 0. The number of carbonyl (C=O) groups excluding carboxylic acids is 1. The second-order valence-electron chi connectivity index (χ2n) is 3.74. The van der Waals surface area contributed by atoms with Crippen molar-refractivity contribution < 1.29 is 30.0 Å². The smallest absolute Gasteiger partial charge is 0.180 e. The molecule has 0 bridgehead atoms. The van der Waals surface area contributed by atoms with Gasteiger partial charge in [-0.3, -0.25) is 4.79 Å². The first-order valence-electron chi connectivity index (χ1n) is 4.95. The molecule has 0 aromatic carbocycles. The molecule has 0 radical (unpaired) electrons. The van der Waals surface area contributed by atoms with Gasteiger partial charge in [0.2, 0.25) is 0 Å². The van der Waals surface area contributed by atoms with Crippen LogP contribution in [-0.4, -0.2) is 62.2 Å². The molecule has 5 atom stereocenters. The minimum atomic E-state index is -2.34. The van der Waals surface area contributed by atoms with Crippen LogP contribution in [0.4, 0.5) is 0 Å². The number of ether oxygens (including phenoxy) is 1. The van der Waals surface area contributed by atoms with Crippen molar-refractivity contribution in [1.82, 2.24) is 0 Å². The zero-order valence-corrected chi connectivity index (χ0v) is 9.67. The molecule has 6 nitrogen and oxygen atoms in total. The molecule has 1 fully saturated rings. The Morgan fingerprint density at radius 1 is 1.44 bits per heavy atom. The van der Waals surface area contributed by atoms with E-state index in [0.29, 0.717) is 0 Å². The van der Waals surface area contributed by atoms with Gasteiger partial charge in [-0.1, -0.05) is 6.92 Å². The van der Waals surface area contributed by atoms with E-state index < -0.39 is 41.7 Å². The van der Waals surface area contributed by atoms with E-state index >= 15 is 0 Å². The fourth-order valence-corrected chi connectivity index (χ4v) is 2.14. The maximum Gasteiger partial charge on any atom is 0.180 e. The molecule has 0 aliphatic carbocycles. The Kier molecular flexibility index (Phi) is 4.33. The van der Waals surface area contributed by atoms with E-state index in [-0.39, 0.29) is 6.42 Å². The standard InChI is InChI=1S/C9H16O6S/c1-2-5(11)9(14)6(12)4(3-10)15-8(16)7(9)13/h4,6-8,10,12-14,16H,2-3H2,1H3/t4-,6-,7-,8?,9+/m1/s1. The van der Waals surface area contributed by atoms with Gasteiger partial charge in [0.15, 0.2) is 11.4 Å². The summed E-state index contributed by atoms with van der Waals surface area (Å²) >= 11 is 3.85. The second-order valence-corrected chi connectivity index (χ2v) is 4.25. The SMILES string of the molecule is CCC(=O)[C@@]1(O)[C@H](O)C(S)O[C@H](CO)[C@H]1O. The quantitative estimate of drug-likeness (QED) is 0.374. The highest BCUT2D eigenvalue weighted by atomic mass is 32.1. The van der Waals surface area contributed by atoms with Crippen LogP contribution in [0.2, 0.25) is 0 Å². The van der Waals surface area contributed by atoms with Crippen LogP contribution >= 0.6 is 12.6 Å². The summed E-state index contributed by atoms with van der Waals surface area (Å²) in [7, 11) is 0. The van der Waals surface area contributed by atoms with Crippen LogP contribution in [0.3, 0.4) is 0 Å². The van der Waals surface area contributed by atoms with E-state index in [1.165, 1.54) is 6.92 Å². The number of hydrogen-bond donors (Lipinski definition) is 5. The van der Waals surface area contributed by atoms with Gasteiger partial charge in [0.1, 0.15) is 23.7 Å². The van der Waals surface area contributed by atoms with Crippen LogP contribution in [0.1, 0.15) is 13.3 Å².